The second-order valence-electron chi connectivity index (χ2n) is 10.7. The van der Waals surface area contributed by atoms with Gasteiger partial charge in [-0.1, -0.05) is 67.9 Å². The summed E-state index contributed by atoms with van der Waals surface area (Å²) in [5.74, 6) is -1.11. The molecule has 1 unspecified atom stereocenters. The zero-order valence-electron chi connectivity index (χ0n) is 25.0. The Morgan fingerprint density at radius 2 is 1.57 bits per heavy atom. The molecule has 226 valence electrons. The number of carbonyl (C=O) groups excluding carboxylic acids is 2. The molecule has 0 aliphatic rings. The maximum absolute atomic E-state index is 14.8. The first-order chi connectivity index (χ1) is 20.0. The van der Waals surface area contributed by atoms with Crippen LogP contribution in [0.25, 0.3) is 0 Å². The van der Waals surface area contributed by atoms with E-state index in [1.54, 1.807) is 30.3 Å². The van der Waals surface area contributed by atoms with Crippen molar-refractivity contribution in [1.29, 1.82) is 0 Å². The molecular formula is C33H42FN3O4S. The molecule has 0 aromatic heterocycles. The first-order valence-corrected chi connectivity index (χ1v) is 16.2. The molecule has 0 radical (unpaired) electrons. The number of hydrogen-bond donors (Lipinski definition) is 1. The average Bonchev–Trinajstić information content (AvgIpc) is 2.93. The Balaban J connectivity index is 1.89. The molecule has 1 atom stereocenters. The van der Waals surface area contributed by atoms with Crippen LogP contribution in [0, 0.1) is 19.7 Å². The Labute approximate surface area is 249 Å². The average molecular weight is 596 g/mol. The highest BCUT2D eigenvalue weighted by atomic mass is 32.2. The number of hydrogen-bond acceptors (Lipinski definition) is 4. The molecular weight excluding hydrogens is 553 g/mol. The lowest BCUT2D eigenvalue weighted by atomic mass is 10.0. The van der Waals surface area contributed by atoms with Crippen molar-refractivity contribution < 1.29 is 22.4 Å². The van der Waals surface area contributed by atoms with Crippen molar-refractivity contribution in [2.45, 2.75) is 65.5 Å². The summed E-state index contributed by atoms with van der Waals surface area (Å²) in [5, 5.41) is 2.95. The van der Waals surface area contributed by atoms with Gasteiger partial charge in [-0.2, -0.15) is 0 Å². The molecule has 3 aromatic carbocycles. The van der Waals surface area contributed by atoms with Crippen molar-refractivity contribution in [1.82, 2.24) is 10.2 Å². The highest BCUT2D eigenvalue weighted by Crippen LogP contribution is 2.23. The van der Waals surface area contributed by atoms with Crippen molar-refractivity contribution >= 4 is 27.5 Å². The van der Waals surface area contributed by atoms with Crippen molar-refractivity contribution in [3.05, 3.63) is 101 Å². The molecule has 0 aliphatic heterocycles. The molecule has 7 nitrogen and oxygen atoms in total. The highest BCUT2D eigenvalue weighted by molar-refractivity contribution is 7.92. The number of unbranched alkanes of at least 4 members (excludes halogenated alkanes) is 1. The molecule has 0 heterocycles. The van der Waals surface area contributed by atoms with E-state index in [-0.39, 0.29) is 44.2 Å². The van der Waals surface area contributed by atoms with Crippen LogP contribution in [0.3, 0.4) is 0 Å². The number of benzene rings is 3. The summed E-state index contributed by atoms with van der Waals surface area (Å²) in [6.45, 7) is 6.31. The van der Waals surface area contributed by atoms with Gasteiger partial charge in [-0.15, -0.1) is 0 Å². The van der Waals surface area contributed by atoms with Gasteiger partial charge in [-0.3, -0.25) is 13.9 Å². The highest BCUT2D eigenvalue weighted by Gasteiger charge is 2.31. The zero-order valence-corrected chi connectivity index (χ0v) is 25.8. The van der Waals surface area contributed by atoms with E-state index < -0.39 is 21.9 Å². The van der Waals surface area contributed by atoms with E-state index in [2.05, 4.69) is 5.32 Å². The molecule has 3 aromatic rings. The molecule has 0 saturated carbocycles. The maximum Gasteiger partial charge on any atom is 0.243 e. The number of nitrogens with one attached hydrogen (secondary N) is 1. The molecule has 1 N–H and O–H groups in total. The van der Waals surface area contributed by atoms with Gasteiger partial charge >= 0.3 is 0 Å². The SMILES string of the molecule is CCCCNC(=O)C(Cc1ccccc1)N(Cc1ccccc1F)C(=O)CCCN(c1cc(C)cc(C)c1)S(C)(=O)=O. The molecule has 0 fully saturated rings. The number of amides is 2. The Morgan fingerprint density at radius 3 is 2.19 bits per heavy atom. The Hall–Kier alpha value is -3.72. The predicted octanol–water partition coefficient (Wildman–Crippen LogP) is 5.55. The number of rotatable bonds is 15. The van der Waals surface area contributed by atoms with Gasteiger partial charge < -0.3 is 10.2 Å². The van der Waals surface area contributed by atoms with Crippen LogP contribution in [0.2, 0.25) is 0 Å². The van der Waals surface area contributed by atoms with Crippen molar-refractivity contribution in [2.75, 3.05) is 23.7 Å². The van der Waals surface area contributed by atoms with Crippen molar-refractivity contribution in [3.8, 4) is 0 Å². The lowest BCUT2D eigenvalue weighted by Crippen LogP contribution is -2.50. The summed E-state index contributed by atoms with van der Waals surface area (Å²) < 4.78 is 41.5. The van der Waals surface area contributed by atoms with Crippen LogP contribution in [0.4, 0.5) is 10.1 Å². The van der Waals surface area contributed by atoms with Crippen LogP contribution >= 0.6 is 0 Å². The van der Waals surface area contributed by atoms with Gasteiger partial charge in [-0.25, -0.2) is 12.8 Å². The minimum absolute atomic E-state index is 0.0151. The van der Waals surface area contributed by atoms with Gasteiger partial charge in [0, 0.05) is 38.0 Å². The quantitative estimate of drug-likeness (QED) is 0.234. The van der Waals surface area contributed by atoms with E-state index in [0.717, 1.165) is 35.8 Å². The Kier molecular flexibility index (Phi) is 12.1. The number of aryl methyl sites for hydroxylation is 2. The van der Waals surface area contributed by atoms with E-state index in [0.29, 0.717) is 17.8 Å². The van der Waals surface area contributed by atoms with E-state index in [1.165, 1.54) is 15.3 Å². The summed E-state index contributed by atoms with van der Waals surface area (Å²) in [6.07, 6.45) is 3.31. The molecule has 0 bridgehead atoms. The second-order valence-corrected chi connectivity index (χ2v) is 12.7. The van der Waals surface area contributed by atoms with E-state index in [4.69, 9.17) is 0 Å². The first-order valence-electron chi connectivity index (χ1n) is 14.4. The van der Waals surface area contributed by atoms with Crippen LogP contribution in [0.1, 0.15) is 54.9 Å². The number of nitrogens with zero attached hydrogens (tertiary/aromatic N) is 2. The van der Waals surface area contributed by atoms with E-state index in [1.807, 2.05) is 57.2 Å². The summed E-state index contributed by atoms with van der Waals surface area (Å²) in [6, 6.07) is 20.3. The van der Waals surface area contributed by atoms with Gasteiger partial charge in [0.05, 0.1) is 11.9 Å². The van der Waals surface area contributed by atoms with Crippen LogP contribution in [-0.2, 0) is 32.6 Å². The van der Waals surface area contributed by atoms with Crippen LogP contribution < -0.4 is 9.62 Å². The van der Waals surface area contributed by atoms with Crippen molar-refractivity contribution in [2.24, 2.45) is 0 Å². The molecule has 9 heteroatoms. The summed E-state index contributed by atoms with van der Waals surface area (Å²) in [7, 11) is -3.61. The van der Waals surface area contributed by atoms with Crippen LogP contribution in [0.15, 0.2) is 72.8 Å². The third-order valence-corrected chi connectivity index (χ3v) is 8.24. The van der Waals surface area contributed by atoms with Gasteiger partial charge in [0.25, 0.3) is 0 Å². The predicted molar refractivity (Wildman–Crippen MR) is 166 cm³/mol. The Bertz CT molecular complexity index is 1430. The molecule has 0 saturated heterocycles. The standard InChI is InChI=1S/C33H42FN3O4S/c1-5-6-18-35-33(39)31(23-27-13-8-7-9-14-27)36(24-28-15-10-11-16-30(28)34)32(38)17-12-19-37(42(4,40)41)29-21-25(2)20-26(3)22-29/h7-11,13-16,20-22,31H,5-6,12,17-19,23-24H2,1-4H3,(H,35,39). The molecule has 0 aliphatic carbocycles. The summed E-state index contributed by atoms with van der Waals surface area (Å²) in [5.41, 5.74) is 3.59. The minimum Gasteiger partial charge on any atom is -0.354 e. The van der Waals surface area contributed by atoms with Gasteiger partial charge in [0.1, 0.15) is 11.9 Å². The maximum atomic E-state index is 14.8. The van der Waals surface area contributed by atoms with E-state index >= 15 is 0 Å². The van der Waals surface area contributed by atoms with Gasteiger partial charge in [0.15, 0.2) is 0 Å². The van der Waals surface area contributed by atoms with Gasteiger partial charge in [-0.05, 0) is 61.6 Å². The lowest BCUT2D eigenvalue weighted by Gasteiger charge is -2.32. The molecule has 0 spiro atoms. The topological polar surface area (TPSA) is 86.8 Å². The fraction of sp³-hybridized carbons (Fsp3) is 0.394. The van der Waals surface area contributed by atoms with E-state index in [9.17, 15) is 22.4 Å². The number of carbonyl (C=O) groups is 2. The normalized spacial score (nSPS) is 12.0. The third-order valence-electron chi connectivity index (χ3n) is 7.05. The fourth-order valence-electron chi connectivity index (χ4n) is 4.97. The minimum atomic E-state index is -3.61. The largest absolute Gasteiger partial charge is 0.354 e. The summed E-state index contributed by atoms with van der Waals surface area (Å²) >= 11 is 0. The van der Waals surface area contributed by atoms with Crippen LogP contribution in [0.5, 0.6) is 0 Å². The smallest absolute Gasteiger partial charge is 0.243 e. The number of halogens is 1. The monoisotopic (exact) mass is 595 g/mol. The molecule has 2 amide bonds. The fourth-order valence-corrected chi connectivity index (χ4v) is 5.92. The number of sulfonamides is 1. The second kappa shape index (κ2) is 15.5. The zero-order chi connectivity index (χ0) is 30.7. The summed E-state index contributed by atoms with van der Waals surface area (Å²) in [4.78, 5) is 28.8. The lowest BCUT2D eigenvalue weighted by molar-refractivity contribution is -0.141. The first kappa shape index (κ1) is 32.8. The van der Waals surface area contributed by atoms with Crippen molar-refractivity contribution in [3.63, 3.8) is 0 Å². The van der Waals surface area contributed by atoms with Gasteiger partial charge in [0.2, 0.25) is 21.8 Å². The third kappa shape index (κ3) is 9.69. The molecule has 42 heavy (non-hydrogen) atoms. The Morgan fingerprint density at radius 1 is 0.929 bits per heavy atom. The molecule has 3 rings (SSSR count). The number of anilines is 1. The van der Waals surface area contributed by atoms with Crippen LogP contribution in [-0.4, -0.2) is 50.5 Å².